The predicted octanol–water partition coefficient (Wildman–Crippen LogP) is 2.66. The smallest absolute Gasteiger partial charge is 0.192 e. The van der Waals surface area contributed by atoms with Gasteiger partial charge in [0.2, 0.25) is 0 Å². The maximum absolute atomic E-state index is 11.9. The van der Waals surface area contributed by atoms with E-state index in [1.165, 1.54) is 12.3 Å². The molecule has 0 aromatic carbocycles. The summed E-state index contributed by atoms with van der Waals surface area (Å²) >= 11 is 0. The van der Waals surface area contributed by atoms with Gasteiger partial charge in [0.25, 0.3) is 0 Å². The summed E-state index contributed by atoms with van der Waals surface area (Å²) in [6.45, 7) is 7.29. The van der Waals surface area contributed by atoms with Crippen LogP contribution >= 0.6 is 0 Å². The standard InChI is InChI=1S/C13H17NO/c1-4-8-11(5-2)13(15)12(6-3)9-7-10-14/h4-10H,3,14H2,1-2H3/b8-4-,10-7-,11-5+,12-9+. The van der Waals surface area contributed by atoms with E-state index in [-0.39, 0.29) is 5.78 Å². The first kappa shape index (κ1) is 13.2. The molecule has 0 saturated heterocycles. The molecule has 0 aliphatic heterocycles. The van der Waals surface area contributed by atoms with E-state index < -0.39 is 0 Å². The lowest BCUT2D eigenvalue weighted by Crippen LogP contribution is -2.02. The Morgan fingerprint density at radius 1 is 1.27 bits per heavy atom. The Morgan fingerprint density at radius 2 is 1.93 bits per heavy atom. The summed E-state index contributed by atoms with van der Waals surface area (Å²) in [5, 5.41) is 0. The summed E-state index contributed by atoms with van der Waals surface area (Å²) in [6, 6.07) is 0. The van der Waals surface area contributed by atoms with E-state index in [2.05, 4.69) is 6.58 Å². The van der Waals surface area contributed by atoms with E-state index in [0.717, 1.165) is 0 Å². The van der Waals surface area contributed by atoms with E-state index >= 15 is 0 Å². The van der Waals surface area contributed by atoms with Gasteiger partial charge in [-0.15, -0.1) is 0 Å². The number of carbonyl (C=O) groups excluding carboxylic acids is 1. The van der Waals surface area contributed by atoms with Gasteiger partial charge in [0, 0.05) is 11.1 Å². The molecule has 2 N–H and O–H groups in total. The quantitative estimate of drug-likeness (QED) is 0.551. The number of hydrogen-bond donors (Lipinski definition) is 1. The summed E-state index contributed by atoms with van der Waals surface area (Å²) in [5.41, 5.74) is 6.38. The fourth-order valence-electron chi connectivity index (χ4n) is 1.04. The van der Waals surface area contributed by atoms with Crippen molar-refractivity contribution in [2.24, 2.45) is 5.73 Å². The Labute approximate surface area is 91.2 Å². The Morgan fingerprint density at radius 3 is 2.33 bits per heavy atom. The van der Waals surface area contributed by atoms with Crippen molar-refractivity contribution in [3.63, 3.8) is 0 Å². The van der Waals surface area contributed by atoms with Gasteiger partial charge in [0.1, 0.15) is 0 Å². The van der Waals surface area contributed by atoms with Crippen LogP contribution in [0.1, 0.15) is 13.8 Å². The third kappa shape index (κ3) is 4.27. The zero-order chi connectivity index (χ0) is 11.7. The molecule has 0 saturated carbocycles. The third-order valence-electron chi connectivity index (χ3n) is 1.79. The van der Waals surface area contributed by atoms with Crippen LogP contribution in [0.5, 0.6) is 0 Å². The SMILES string of the molecule is C=C/C(=C\C=C/N)C(=O)C(/C=C\C)=C/C. The molecule has 0 heterocycles. The number of allylic oxidation sites excluding steroid dienone is 8. The topological polar surface area (TPSA) is 43.1 Å². The van der Waals surface area contributed by atoms with Crippen molar-refractivity contribution < 1.29 is 4.79 Å². The van der Waals surface area contributed by atoms with E-state index in [4.69, 9.17) is 5.73 Å². The lowest BCUT2D eigenvalue weighted by molar-refractivity contribution is -0.111. The first-order chi connectivity index (χ1) is 7.21. The second-order valence-electron chi connectivity index (χ2n) is 2.78. The van der Waals surface area contributed by atoms with Gasteiger partial charge in [-0.2, -0.15) is 0 Å². The fourth-order valence-corrected chi connectivity index (χ4v) is 1.04. The summed E-state index contributed by atoms with van der Waals surface area (Å²) in [6.07, 6.45) is 11.5. The maximum Gasteiger partial charge on any atom is 0.192 e. The molecular weight excluding hydrogens is 186 g/mol. The van der Waals surface area contributed by atoms with Gasteiger partial charge in [-0.25, -0.2) is 0 Å². The van der Waals surface area contributed by atoms with Crippen LogP contribution in [-0.4, -0.2) is 5.78 Å². The Kier molecular flexibility index (Phi) is 6.64. The monoisotopic (exact) mass is 203 g/mol. The van der Waals surface area contributed by atoms with E-state index in [1.807, 2.05) is 19.9 Å². The number of rotatable bonds is 5. The first-order valence-electron chi connectivity index (χ1n) is 4.76. The fraction of sp³-hybridized carbons (Fsp3) is 0.154. The Hall–Kier alpha value is -1.83. The molecule has 0 fully saturated rings. The highest BCUT2D eigenvalue weighted by molar-refractivity contribution is 6.11. The van der Waals surface area contributed by atoms with Crippen LogP contribution in [0.2, 0.25) is 0 Å². The molecule has 0 radical (unpaired) electrons. The molecular formula is C13H17NO. The molecule has 0 aromatic rings. The van der Waals surface area contributed by atoms with Crippen molar-refractivity contribution in [1.29, 1.82) is 0 Å². The van der Waals surface area contributed by atoms with Gasteiger partial charge in [-0.3, -0.25) is 4.79 Å². The van der Waals surface area contributed by atoms with Crippen LogP contribution < -0.4 is 5.73 Å². The normalized spacial score (nSPS) is 13.7. The summed E-state index contributed by atoms with van der Waals surface area (Å²) in [5.74, 6) is -0.0521. The van der Waals surface area contributed by atoms with Crippen molar-refractivity contribution in [3.8, 4) is 0 Å². The molecule has 0 rings (SSSR count). The van der Waals surface area contributed by atoms with Crippen LogP contribution in [-0.2, 0) is 4.79 Å². The van der Waals surface area contributed by atoms with Gasteiger partial charge in [0.15, 0.2) is 5.78 Å². The predicted molar refractivity (Wildman–Crippen MR) is 65.2 cm³/mol. The molecule has 15 heavy (non-hydrogen) atoms. The second-order valence-corrected chi connectivity index (χ2v) is 2.78. The van der Waals surface area contributed by atoms with E-state index in [1.54, 1.807) is 24.3 Å². The highest BCUT2D eigenvalue weighted by Crippen LogP contribution is 2.09. The summed E-state index contributed by atoms with van der Waals surface area (Å²) in [7, 11) is 0. The Bertz CT molecular complexity index is 344. The van der Waals surface area contributed by atoms with Gasteiger partial charge in [0.05, 0.1) is 0 Å². The van der Waals surface area contributed by atoms with Crippen molar-refractivity contribution in [1.82, 2.24) is 0 Å². The van der Waals surface area contributed by atoms with Gasteiger partial charge >= 0.3 is 0 Å². The molecule has 0 atom stereocenters. The minimum Gasteiger partial charge on any atom is -0.405 e. The first-order valence-corrected chi connectivity index (χ1v) is 4.76. The van der Waals surface area contributed by atoms with Crippen molar-refractivity contribution in [3.05, 3.63) is 60.4 Å². The summed E-state index contributed by atoms with van der Waals surface area (Å²) in [4.78, 5) is 11.9. The lowest BCUT2D eigenvalue weighted by atomic mass is 10.0. The summed E-state index contributed by atoms with van der Waals surface area (Å²) < 4.78 is 0. The van der Waals surface area contributed by atoms with Crippen LogP contribution in [0.15, 0.2) is 60.4 Å². The molecule has 2 heteroatoms. The van der Waals surface area contributed by atoms with Crippen LogP contribution in [0.3, 0.4) is 0 Å². The maximum atomic E-state index is 11.9. The van der Waals surface area contributed by atoms with E-state index in [9.17, 15) is 4.79 Å². The zero-order valence-electron chi connectivity index (χ0n) is 9.23. The second kappa shape index (κ2) is 7.56. The van der Waals surface area contributed by atoms with Gasteiger partial charge in [-0.1, -0.05) is 30.9 Å². The molecule has 0 amide bonds. The molecule has 0 bridgehead atoms. The number of hydrogen-bond acceptors (Lipinski definition) is 2. The Balaban J connectivity index is 5.03. The molecule has 80 valence electrons. The van der Waals surface area contributed by atoms with Crippen molar-refractivity contribution >= 4 is 5.78 Å². The third-order valence-corrected chi connectivity index (χ3v) is 1.79. The highest BCUT2D eigenvalue weighted by atomic mass is 16.1. The molecule has 0 aromatic heterocycles. The minimum atomic E-state index is -0.0521. The lowest BCUT2D eigenvalue weighted by Gasteiger charge is -2.00. The average Bonchev–Trinajstić information content (AvgIpc) is 2.26. The zero-order valence-corrected chi connectivity index (χ0v) is 9.23. The number of ketones is 1. The number of nitrogens with two attached hydrogens (primary N) is 1. The molecule has 0 unspecified atom stereocenters. The number of carbonyl (C=O) groups is 1. The van der Waals surface area contributed by atoms with Crippen molar-refractivity contribution in [2.45, 2.75) is 13.8 Å². The van der Waals surface area contributed by atoms with Crippen LogP contribution in [0, 0.1) is 0 Å². The van der Waals surface area contributed by atoms with Crippen LogP contribution in [0.4, 0.5) is 0 Å². The molecule has 0 spiro atoms. The van der Waals surface area contributed by atoms with Gasteiger partial charge < -0.3 is 5.73 Å². The van der Waals surface area contributed by atoms with Gasteiger partial charge in [-0.05, 0) is 32.2 Å². The molecule has 0 aliphatic carbocycles. The molecule has 0 aliphatic rings. The van der Waals surface area contributed by atoms with Crippen LogP contribution in [0.25, 0.3) is 0 Å². The van der Waals surface area contributed by atoms with E-state index in [0.29, 0.717) is 11.1 Å². The minimum absolute atomic E-state index is 0.0521. The highest BCUT2D eigenvalue weighted by Gasteiger charge is 2.07. The molecule has 2 nitrogen and oxygen atoms in total. The average molecular weight is 203 g/mol. The van der Waals surface area contributed by atoms with Crippen molar-refractivity contribution in [2.75, 3.05) is 0 Å². The number of Topliss-reactive ketones (excluding diaryl/α,β-unsaturated/α-hetero) is 1. The largest absolute Gasteiger partial charge is 0.405 e.